The number of nitro groups is 1. The van der Waals surface area contributed by atoms with Gasteiger partial charge in [0.25, 0.3) is 5.69 Å². The number of halogens is 4. The van der Waals surface area contributed by atoms with Gasteiger partial charge in [0.1, 0.15) is 33.4 Å². The number of nitrogens with one attached hydrogen (secondary N) is 1. The molecule has 0 radical (unpaired) electrons. The Morgan fingerprint density at radius 1 is 0.565 bits per heavy atom. The summed E-state index contributed by atoms with van der Waals surface area (Å²) >= 11 is 20.9. The number of anilines is 1. The van der Waals surface area contributed by atoms with Crippen LogP contribution in [0.15, 0.2) is 169 Å². The van der Waals surface area contributed by atoms with Gasteiger partial charge in [-0.1, -0.05) is 95.5 Å². The molecule has 3 aromatic carbocycles. The maximum absolute atomic E-state index is 11.1. The monoisotopic (exact) mass is 1360 g/mol. The number of methoxy groups -OCH3 is 1. The van der Waals surface area contributed by atoms with Crippen molar-refractivity contribution in [1.29, 1.82) is 0 Å². The third kappa shape index (κ3) is 23.9. The fourth-order valence-corrected chi connectivity index (χ4v) is 9.15. The Hall–Kier alpha value is -9.20. The molecule has 8 heterocycles. The molecular weight excluding hydrogens is 1290 g/mol. The number of carbonyl (C=O) groups excluding carboxylic acids is 1. The van der Waals surface area contributed by atoms with E-state index in [9.17, 15) is 14.9 Å². The van der Waals surface area contributed by atoms with Gasteiger partial charge in [-0.3, -0.25) is 34.8 Å². The second-order valence-corrected chi connectivity index (χ2v) is 22.1. The molecule has 1 amide bonds. The number of amides is 1. The largest absolute Gasteiger partial charge is 0.506 e. The molecule has 0 aliphatic rings. The van der Waals surface area contributed by atoms with Gasteiger partial charge >= 0.3 is 0 Å². The van der Waals surface area contributed by atoms with Crippen molar-refractivity contribution in [2.24, 2.45) is 0 Å². The smallest absolute Gasteiger partial charge is 0.290 e. The lowest BCUT2D eigenvalue weighted by molar-refractivity contribution is -0.385. The molecule has 0 atom stereocenters. The number of benzene rings is 3. The molecule has 21 heteroatoms. The number of ether oxygens (including phenoxy) is 3. The van der Waals surface area contributed by atoms with Gasteiger partial charge in [-0.2, -0.15) is 0 Å². The minimum Gasteiger partial charge on any atom is -0.506 e. The highest BCUT2D eigenvalue weighted by atomic mass is 79.9. The third-order valence-electron chi connectivity index (χ3n) is 13.3. The van der Waals surface area contributed by atoms with E-state index in [1.807, 2.05) is 148 Å². The number of nitrogens with zero attached hydrogens (tertiary/aromatic N) is 9. The predicted molar refractivity (Wildman–Crippen MR) is 375 cm³/mol. The lowest BCUT2D eigenvalue weighted by Crippen LogP contribution is -2.09. The molecule has 0 bridgehead atoms. The van der Waals surface area contributed by atoms with Gasteiger partial charge in [0.05, 0.1) is 40.1 Å². The van der Waals surface area contributed by atoms with Crippen LogP contribution in [0.2, 0.25) is 15.1 Å². The number of rotatable bonds is 7. The molecule has 0 saturated carbocycles. The number of pyridine rings is 8. The van der Waals surface area contributed by atoms with Crippen molar-refractivity contribution >= 4 is 89.7 Å². The average molecular weight is 1370 g/mol. The fraction of sp³-hybridized carbons (Fsp3) is 0.225. The zero-order valence-electron chi connectivity index (χ0n) is 54.2. The van der Waals surface area contributed by atoms with Crippen molar-refractivity contribution in [3.63, 3.8) is 0 Å². The van der Waals surface area contributed by atoms with Gasteiger partial charge in [-0.15, -0.1) is 0 Å². The summed E-state index contributed by atoms with van der Waals surface area (Å²) in [7, 11) is 1.62. The zero-order valence-corrected chi connectivity index (χ0v) is 58.1. The van der Waals surface area contributed by atoms with Crippen LogP contribution in [0.4, 0.5) is 11.5 Å². The topological polar surface area (TPSA) is 223 Å². The van der Waals surface area contributed by atoms with Crippen LogP contribution in [0.1, 0.15) is 81.3 Å². The zero-order chi connectivity index (χ0) is 68.0. The first kappa shape index (κ1) is 75.3. The number of aromatic nitrogens is 8. The van der Waals surface area contributed by atoms with E-state index in [4.69, 9.17) is 54.1 Å². The first-order valence-electron chi connectivity index (χ1n) is 28.7. The van der Waals surface area contributed by atoms with Crippen LogP contribution in [0.25, 0.3) is 21.5 Å². The van der Waals surface area contributed by atoms with E-state index in [0.29, 0.717) is 45.6 Å². The van der Waals surface area contributed by atoms with E-state index < -0.39 is 4.92 Å². The van der Waals surface area contributed by atoms with Crippen LogP contribution in [-0.2, 0) is 4.79 Å². The molecule has 11 rings (SSSR count). The van der Waals surface area contributed by atoms with Gasteiger partial charge in [-0.25, -0.2) is 19.9 Å². The number of aromatic hydroxyl groups is 1. The molecular formula is C71H76BrCl3N10O7. The molecule has 0 spiro atoms. The molecule has 480 valence electrons. The van der Waals surface area contributed by atoms with Crippen molar-refractivity contribution in [2.75, 3.05) is 19.0 Å². The van der Waals surface area contributed by atoms with E-state index in [1.165, 1.54) is 35.5 Å². The number of hydrogen-bond acceptors (Lipinski definition) is 15. The molecule has 92 heavy (non-hydrogen) atoms. The number of fused-ring (bicyclic) bond motifs is 2. The summed E-state index contributed by atoms with van der Waals surface area (Å²) in [6.07, 6.45) is 11.5. The fourth-order valence-electron chi connectivity index (χ4n) is 8.07. The molecule has 8 aromatic heterocycles. The van der Waals surface area contributed by atoms with Crippen LogP contribution in [0, 0.1) is 93.2 Å². The first-order valence-corrected chi connectivity index (χ1v) is 30.7. The van der Waals surface area contributed by atoms with Crippen LogP contribution in [0.3, 0.4) is 0 Å². The highest BCUT2D eigenvalue weighted by molar-refractivity contribution is 9.10. The molecule has 11 aromatic rings. The van der Waals surface area contributed by atoms with Gasteiger partial charge < -0.3 is 24.6 Å². The van der Waals surface area contributed by atoms with E-state index in [2.05, 4.69) is 86.2 Å². The average Bonchev–Trinajstić information content (AvgIpc) is 0.840. The Labute approximate surface area is 562 Å². The summed E-state index contributed by atoms with van der Waals surface area (Å²) in [6, 6.07) is 38.0. The Morgan fingerprint density at radius 2 is 1.05 bits per heavy atom. The van der Waals surface area contributed by atoms with Crippen LogP contribution < -0.4 is 19.5 Å². The predicted octanol–water partition coefficient (Wildman–Crippen LogP) is 19.2. The second kappa shape index (κ2) is 38.5. The summed E-state index contributed by atoms with van der Waals surface area (Å²) < 4.78 is 16.9. The maximum Gasteiger partial charge on any atom is 0.290 e. The van der Waals surface area contributed by atoms with E-state index in [0.717, 1.165) is 82.4 Å². The Balaban J connectivity index is 0.000000227. The standard InChI is InChI=1S/C14H14ClNO.C13H14N2O.C11H10BrN.C8H11NO.C7H9NO.C6H5Cl2N.C6H6N2O2.C6H7NO/c1-9-5-4-6-16-14(9)17-12-7-10(2)13(15)11(3)8-12;1-8-11-6-4-5-7-12(11)9(2)14-13(8)15-10(3)16;1-7-8(2)13-11(12)10-6-4-3-5-9(7)10;1-3-10-8-5-4-6-9-7(8)2;1-6-4-3-5-8-7(6)9-2;1-4-5(7)2-9-3-6(4)8;1-5-6(8(9)10)3-2-4-7-5;1-5-6(8)3-2-4-7-5/h4-8H,1-3H3;4-7H,1-3H3,(H,14,15,16);3-6H,1-2H3;4-6H,3H2,1-2H3;3-5H,1-2H3;2-3H,1H3;2-4H,1H3;2-4,8H,1H3. The highest BCUT2D eigenvalue weighted by Gasteiger charge is 2.11. The van der Waals surface area contributed by atoms with Crippen LogP contribution in [-0.4, -0.2) is 69.5 Å². The molecule has 0 unspecified atom stereocenters. The lowest BCUT2D eigenvalue weighted by atomic mass is 10.1. The third-order valence-corrected chi connectivity index (χ3v) is 15.2. The van der Waals surface area contributed by atoms with Gasteiger partial charge in [0, 0.05) is 94.7 Å². The Morgan fingerprint density at radius 3 is 1.51 bits per heavy atom. The van der Waals surface area contributed by atoms with Crippen molar-refractivity contribution < 1.29 is 29.0 Å². The second-order valence-electron chi connectivity index (χ2n) is 20.2. The van der Waals surface area contributed by atoms with E-state index in [-0.39, 0.29) is 17.3 Å². The summed E-state index contributed by atoms with van der Waals surface area (Å²) in [5.74, 6) is 3.81. The van der Waals surface area contributed by atoms with Gasteiger partial charge in [-0.05, 0) is 199 Å². The summed E-state index contributed by atoms with van der Waals surface area (Å²) in [4.78, 5) is 53.2. The summed E-state index contributed by atoms with van der Waals surface area (Å²) in [6.45, 7) is 27.2. The number of aryl methyl sites for hydroxylation is 11. The SMILES string of the molecule is CC(=O)Nc1nc(C)c2ccccc2c1C.CCOc1cccnc1C.COc1ncccc1C.Cc1c(Cl)cncc1Cl.Cc1cccnc1Oc1cc(C)c(Cl)c(C)c1.Cc1nc(Br)c2ccccc2c1C.Cc1ncccc1O.Cc1ncccc1[N+](=O)[O-]. The lowest BCUT2D eigenvalue weighted by Gasteiger charge is -2.10. The summed E-state index contributed by atoms with van der Waals surface area (Å²) in [5.41, 5.74) is 11.4. The Kier molecular flexibility index (Phi) is 31.5. The van der Waals surface area contributed by atoms with Crippen LogP contribution >= 0.6 is 50.7 Å². The molecule has 17 nitrogen and oxygen atoms in total. The van der Waals surface area contributed by atoms with Crippen molar-refractivity contribution in [2.45, 2.75) is 96.9 Å². The quantitative estimate of drug-likeness (QED) is 0.0860. The van der Waals surface area contributed by atoms with Gasteiger partial charge in [0.15, 0.2) is 0 Å². The first-order chi connectivity index (χ1) is 43.8. The minimum atomic E-state index is -0.442. The number of hydrogen-bond donors (Lipinski definition) is 2. The van der Waals surface area contributed by atoms with E-state index in [1.54, 1.807) is 76.3 Å². The normalized spacial score (nSPS) is 9.90. The van der Waals surface area contributed by atoms with Crippen molar-refractivity contribution in [3.05, 3.63) is 262 Å². The highest BCUT2D eigenvalue weighted by Crippen LogP contribution is 2.31. The minimum absolute atomic E-state index is 0.0718. The van der Waals surface area contributed by atoms with Crippen LogP contribution in [0.5, 0.6) is 29.0 Å². The summed E-state index contributed by atoms with van der Waals surface area (Å²) in [5, 5.41) is 28.6. The molecule has 0 saturated heterocycles. The molecule has 0 aliphatic heterocycles. The number of carbonyl (C=O) groups is 1. The van der Waals surface area contributed by atoms with Gasteiger partial charge in [0.2, 0.25) is 17.7 Å². The van der Waals surface area contributed by atoms with E-state index >= 15 is 0 Å². The van der Waals surface area contributed by atoms with Crippen molar-refractivity contribution in [3.8, 4) is 29.0 Å². The molecule has 2 N–H and O–H groups in total. The molecule has 0 fully saturated rings. The maximum atomic E-state index is 11.1. The Bertz CT molecular complexity index is 4160. The molecule has 0 aliphatic carbocycles. The van der Waals surface area contributed by atoms with Crippen molar-refractivity contribution in [1.82, 2.24) is 39.9 Å².